The lowest BCUT2D eigenvalue weighted by Gasteiger charge is -2.09. The number of hydrogen-bond donors (Lipinski definition) is 2. The lowest BCUT2D eigenvalue weighted by atomic mass is 10.2. The van der Waals surface area contributed by atoms with E-state index in [-0.39, 0.29) is 6.61 Å². The van der Waals surface area contributed by atoms with Gasteiger partial charge >= 0.3 is 0 Å². The number of rotatable bonds is 4. The molecule has 108 valence electrons. The van der Waals surface area contributed by atoms with Crippen LogP contribution >= 0.6 is 15.9 Å². The summed E-state index contributed by atoms with van der Waals surface area (Å²) in [6.45, 7) is -0.180. The molecule has 0 aliphatic carbocycles. The van der Waals surface area contributed by atoms with Gasteiger partial charge in [0.2, 0.25) is 0 Å². The van der Waals surface area contributed by atoms with Crippen LogP contribution in [0.1, 0.15) is 10.4 Å². The molecule has 2 aromatic rings. The molecule has 0 unspecified atom stereocenters. The van der Waals surface area contributed by atoms with E-state index in [0.717, 1.165) is 0 Å². The van der Waals surface area contributed by atoms with Crippen LogP contribution < -0.4 is 15.6 Å². The fourth-order valence-corrected chi connectivity index (χ4v) is 2.01. The second-order valence-corrected chi connectivity index (χ2v) is 4.94. The molecule has 0 saturated heterocycles. The average molecular weight is 349 g/mol. The SMILES string of the molecule is O=C(COc1ccccc1)NNC(=O)c1ccccc1Br. The summed E-state index contributed by atoms with van der Waals surface area (Å²) < 4.78 is 5.91. The van der Waals surface area contributed by atoms with Crippen LogP contribution in [0.4, 0.5) is 0 Å². The lowest BCUT2D eigenvalue weighted by Crippen LogP contribution is -2.43. The maximum absolute atomic E-state index is 11.8. The molecule has 0 bridgehead atoms. The van der Waals surface area contributed by atoms with Gasteiger partial charge in [-0.3, -0.25) is 20.4 Å². The van der Waals surface area contributed by atoms with E-state index in [0.29, 0.717) is 15.8 Å². The van der Waals surface area contributed by atoms with Gasteiger partial charge in [-0.05, 0) is 40.2 Å². The minimum Gasteiger partial charge on any atom is -0.484 e. The summed E-state index contributed by atoms with van der Waals surface area (Å²) in [6, 6.07) is 15.9. The smallest absolute Gasteiger partial charge is 0.276 e. The number of carbonyl (C=O) groups is 2. The lowest BCUT2D eigenvalue weighted by molar-refractivity contribution is -0.123. The first kappa shape index (κ1) is 15.1. The Balaban J connectivity index is 1.79. The van der Waals surface area contributed by atoms with Crippen molar-refractivity contribution in [3.05, 3.63) is 64.6 Å². The summed E-state index contributed by atoms with van der Waals surface area (Å²) in [6.07, 6.45) is 0. The number of nitrogens with one attached hydrogen (secondary N) is 2. The minimum absolute atomic E-state index is 0.180. The molecule has 5 nitrogen and oxygen atoms in total. The van der Waals surface area contributed by atoms with E-state index in [2.05, 4.69) is 26.8 Å². The van der Waals surface area contributed by atoms with E-state index in [1.54, 1.807) is 36.4 Å². The van der Waals surface area contributed by atoms with Crippen LogP contribution in [0.3, 0.4) is 0 Å². The number of hydrazine groups is 1. The molecule has 2 amide bonds. The third-order valence-electron chi connectivity index (χ3n) is 2.55. The summed E-state index contributed by atoms with van der Waals surface area (Å²) in [5.41, 5.74) is 5.05. The summed E-state index contributed by atoms with van der Waals surface area (Å²) >= 11 is 3.27. The van der Waals surface area contributed by atoms with E-state index in [1.807, 2.05) is 18.2 Å². The van der Waals surface area contributed by atoms with E-state index in [9.17, 15) is 9.59 Å². The third-order valence-corrected chi connectivity index (χ3v) is 3.24. The number of para-hydroxylation sites is 1. The Bertz CT molecular complexity index is 632. The van der Waals surface area contributed by atoms with Gasteiger partial charge in [0, 0.05) is 4.47 Å². The first-order valence-electron chi connectivity index (χ1n) is 6.18. The monoisotopic (exact) mass is 348 g/mol. The fraction of sp³-hybridized carbons (Fsp3) is 0.0667. The molecule has 0 saturated carbocycles. The Morgan fingerprint density at radius 1 is 0.952 bits per heavy atom. The minimum atomic E-state index is -0.445. The molecule has 0 spiro atoms. The molecule has 2 N–H and O–H groups in total. The van der Waals surface area contributed by atoms with Crippen molar-refractivity contribution in [3.63, 3.8) is 0 Å². The summed E-state index contributed by atoms with van der Waals surface area (Å²) in [4.78, 5) is 23.4. The fourth-order valence-electron chi connectivity index (χ4n) is 1.54. The molecule has 2 rings (SSSR count). The van der Waals surface area contributed by atoms with Gasteiger partial charge in [0.15, 0.2) is 6.61 Å². The Morgan fingerprint density at radius 3 is 2.33 bits per heavy atom. The van der Waals surface area contributed by atoms with Crippen molar-refractivity contribution in [2.45, 2.75) is 0 Å². The normalized spacial score (nSPS) is 9.76. The predicted octanol–water partition coefficient (Wildman–Crippen LogP) is 2.29. The molecular formula is C15H13BrN2O3. The molecule has 0 aliphatic rings. The quantitative estimate of drug-likeness (QED) is 0.833. The topological polar surface area (TPSA) is 67.4 Å². The van der Waals surface area contributed by atoms with E-state index in [1.165, 1.54) is 0 Å². The summed E-state index contributed by atoms with van der Waals surface area (Å²) in [5.74, 6) is -0.264. The van der Waals surface area contributed by atoms with E-state index in [4.69, 9.17) is 4.74 Å². The van der Waals surface area contributed by atoms with Crippen LogP contribution in [0.2, 0.25) is 0 Å². The van der Waals surface area contributed by atoms with Gasteiger partial charge in [0.25, 0.3) is 11.8 Å². The highest BCUT2D eigenvalue weighted by molar-refractivity contribution is 9.10. The second kappa shape index (κ2) is 7.44. The van der Waals surface area contributed by atoms with Gasteiger partial charge < -0.3 is 4.74 Å². The molecule has 0 aliphatic heterocycles. The Morgan fingerprint density at radius 2 is 1.62 bits per heavy atom. The van der Waals surface area contributed by atoms with Crippen molar-refractivity contribution >= 4 is 27.7 Å². The molecular weight excluding hydrogens is 336 g/mol. The maximum atomic E-state index is 11.8. The number of hydrogen-bond acceptors (Lipinski definition) is 3. The first-order valence-corrected chi connectivity index (χ1v) is 6.97. The van der Waals surface area contributed by atoms with Gasteiger partial charge in [0.1, 0.15) is 5.75 Å². The standard InChI is InChI=1S/C15H13BrN2O3/c16-13-9-5-4-8-12(13)15(20)18-17-14(19)10-21-11-6-2-1-3-7-11/h1-9H,10H2,(H,17,19)(H,18,20). The third kappa shape index (κ3) is 4.61. The zero-order chi connectivity index (χ0) is 15.1. The first-order chi connectivity index (χ1) is 10.2. The summed E-state index contributed by atoms with van der Waals surface area (Å²) in [5, 5.41) is 0. The van der Waals surface area contributed by atoms with Crippen molar-refractivity contribution in [2.75, 3.05) is 6.61 Å². The molecule has 0 radical (unpaired) electrons. The number of halogens is 1. The maximum Gasteiger partial charge on any atom is 0.276 e. The molecule has 2 aromatic carbocycles. The molecule has 0 fully saturated rings. The van der Waals surface area contributed by atoms with Gasteiger partial charge in [-0.25, -0.2) is 0 Å². The van der Waals surface area contributed by atoms with Crippen molar-refractivity contribution in [1.82, 2.24) is 10.9 Å². The Hall–Kier alpha value is -2.34. The van der Waals surface area contributed by atoms with Crippen LogP contribution in [0.25, 0.3) is 0 Å². The van der Waals surface area contributed by atoms with Crippen LogP contribution in [-0.2, 0) is 4.79 Å². The number of carbonyl (C=O) groups excluding carboxylic acids is 2. The second-order valence-electron chi connectivity index (χ2n) is 4.08. The molecule has 0 aromatic heterocycles. The number of amides is 2. The van der Waals surface area contributed by atoms with Crippen LogP contribution in [0, 0.1) is 0 Å². The predicted molar refractivity (Wildman–Crippen MR) is 81.7 cm³/mol. The molecule has 0 heterocycles. The largest absolute Gasteiger partial charge is 0.484 e. The Labute approximate surface area is 130 Å². The van der Waals surface area contributed by atoms with Gasteiger partial charge in [-0.1, -0.05) is 30.3 Å². The van der Waals surface area contributed by atoms with Gasteiger partial charge in [-0.2, -0.15) is 0 Å². The zero-order valence-electron chi connectivity index (χ0n) is 11.0. The van der Waals surface area contributed by atoms with Crippen molar-refractivity contribution in [3.8, 4) is 5.75 Å². The summed E-state index contributed by atoms with van der Waals surface area (Å²) in [7, 11) is 0. The highest BCUT2D eigenvalue weighted by atomic mass is 79.9. The van der Waals surface area contributed by atoms with Gasteiger partial charge in [-0.15, -0.1) is 0 Å². The van der Waals surface area contributed by atoms with Crippen molar-refractivity contribution < 1.29 is 14.3 Å². The van der Waals surface area contributed by atoms with Crippen molar-refractivity contribution in [1.29, 1.82) is 0 Å². The van der Waals surface area contributed by atoms with E-state index >= 15 is 0 Å². The van der Waals surface area contributed by atoms with Crippen LogP contribution in [0.5, 0.6) is 5.75 Å². The number of ether oxygens (including phenoxy) is 1. The van der Waals surface area contributed by atoms with E-state index < -0.39 is 11.8 Å². The molecule has 21 heavy (non-hydrogen) atoms. The highest BCUT2D eigenvalue weighted by Gasteiger charge is 2.10. The van der Waals surface area contributed by atoms with Crippen LogP contribution in [-0.4, -0.2) is 18.4 Å². The molecule has 0 atom stereocenters. The van der Waals surface area contributed by atoms with Crippen molar-refractivity contribution in [2.24, 2.45) is 0 Å². The molecule has 6 heteroatoms. The Kier molecular flexibility index (Phi) is 5.34. The number of benzene rings is 2. The average Bonchev–Trinajstić information content (AvgIpc) is 2.52. The zero-order valence-corrected chi connectivity index (χ0v) is 12.6. The highest BCUT2D eigenvalue weighted by Crippen LogP contribution is 2.15. The van der Waals surface area contributed by atoms with Gasteiger partial charge in [0.05, 0.1) is 5.56 Å². The van der Waals surface area contributed by atoms with Crippen LogP contribution in [0.15, 0.2) is 59.1 Å².